The highest BCUT2D eigenvalue weighted by molar-refractivity contribution is 5.83. The Kier molecular flexibility index (Phi) is 4.60. The fourth-order valence-corrected chi connectivity index (χ4v) is 9.64. The van der Waals surface area contributed by atoms with E-state index < -0.39 is 0 Å². The molecule has 0 spiro atoms. The first-order chi connectivity index (χ1) is 14.4. The number of fused-ring (bicyclic) bond motifs is 7. The van der Waals surface area contributed by atoms with Gasteiger partial charge in [0.15, 0.2) is 0 Å². The highest BCUT2D eigenvalue weighted by atomic mass is 16.3. The summed E-state index contributed by atoms with van der Waals surface area (Å²) in [4.78, 5) is 16.1. The molecule has 10 atom stereocenters. The van der Waals surface area contributed by atoms with Gasteiger partial charge in [0, 0.05) is 31.5 Å². The minimum atomic E-state index is -0.251. The van der Waals surface area contributed by atoms with Crippen molar-refractivity contribution >= 4 is 5.78 Å². The maximum Gasteiger partial charge on any atom is 0.136 e. The van der Waals surface area contributed by atoms with E-state index in [9.17, 15) is 9.90 Å². The van der Waals surface area contributed by atoms with E-state index >= 15 is 0 Å². The first kappa shape index (κ1) is 20.0. The molecule has 3 nitrogen and oxygen atoms in total. The summed E-state index contributed by atoms with van der Waals surface area (Å²) >= 11 is 0. The molecule has 3 heteroatoms. The van der Waals surface area contributed by atoms with Crippen LogP contribution in [0.15, 0.2) is 11.1 Å². The molecule has 166 valence electrons. The summed E-state index contributed by atoms with van der Waals surface area (Å²) in [5.74, 6) is 4.97. The van der Waals surface area contributed by atoms with E-state index in [1.54, 1.807) is 0 Å². The number of aliphatic hydroxyl groups is 1. The van der Waals surface area contributed by atoms with Crippen molar-refractivity contribution < 1.29 is 9.90 Å². The predicted octanol–water partition coefficient (Wildman–Crippen LogP) is 4.84. The van der Waals surface area contributed by atoms with Crippen molar-refractivity contribution in [2.24, 2.45) is 46.8 Å². The first-order valence-electron chi connectivity index (χ1n) is 13.0. The van der Waals surface area contributed by atoms with Gasteiger partial charge in [-0.1, -0.05) is 31.9 Å². The molecule has 1 unspecified atom stereocenters. The van der Waals surface area contributed by atoms with Gasteiger partial charge in [-0.15, -0.1) is 0 Å². The molecule has 3 saturated carbocycles. The predicted molar refractivity (Wildman–Crippen MR) is 119 cm³/mol. The molecule has 30 heavy (non-hydrogen) atoms. The van der Waals surface area contributed by atoms with Crippen LogP contribution in [0.25, 0.3) is 0 Å². The number of carbonyl (C=O) groups excluding carboxylic acids is 1. The maximum absolute atomic E-state index is 13.2. The summed E-state index contributed by atoms with van der Waals surface area (Å²) in [6.07, 6.45) is 9.97. The number of carbonyl (C=O) groups is 1. The zero-order valence-corrected chi connectivity index (χ0v) is 19.3. The average Bonchev–Trinajstić information content (AvgIpc) is 3.09. The Hall–Kier alpha value is -0.670. The lowest BCUT2D eigenvalue weighted by molar-refractivity contribution is -0.145. The van der Waals surface area contributed by atoms with Crippen LogP contribution >= 0.6 is 0 Å². The summed E-state index contributed by atoms with van der Waals surface area (Å²) in [6, 6.07) is 0.781. The standard InChI is InChI=1S/C27H41NO2/c1-15-4-7-25-16(2)18-5-6-19-20(22(18)14-28(25)13-15)11-23-21(19)12-26(30)24-10-17(29)8-9-27(23,24)3/h15-17,19-21,23-25,29H,4-14H2,1-3H3/t15-,16+,17-,19+,20+,21-,23-,24+,25?,27+/m0/s1. The van der Waals surface area contributed by atoms with Crippen LogP contribution in [-0.4, -0.2) is 41.0 Å². The molecule has 4 fully saturated rings. The van der Waals surface area contributed by atoms with Gasteiger partial charge in [0.2, 0.25) is 0 Å². The number of aliphatic hydroxyl groups excluding tert-OH is 1. The first-order valence-corrected chi connectivity index (χ1v) is 13.0. The number of nitrogens with zero attached hydrogens (tertiary/aromatic N) is 1. The molecular formula is C27H41NO2. The van der Waals surface area contributed by atoms with Gasteiger partial charge >= 0.3 is 0 Å². The molecule has 0 aromatic heterocycles. The van der Waals surface area contributed by atoms with E-state index in [2.05, 4.69) is 25.7 Å². The molecule has 0 radical (unpaired) electrons. The van der Waals surface area contributed by atoms with Crippen LogP contribution in [0.5, 0.6) is 0 Å². The van der Waals surface area contributed by atoms with Crippen molar-refractivity contribution in [3.8, 4) is 0 Å². The Labute approximate surface area is 182 Å². The van der Waals surface area contributed by atoms with Gasteiger partial charge in [-0.2, -0.15) is 0 Å². The van der Waals surface area contributed by atoms with Gasteiger partial charge in [0.25, 0.3) is 0 Å². The number of rotatable bonds is 0. The molecule has 6 rings (SSSR count). The van der Waals surface area contributed by atoms with E-state index in [1.807, 2.05) is 11.1 Å². The van der Waals surface area contributed by atoms with Crippen LogP contribution < -0.4 is 0 Å². The lowest BCUT2D eigenvalue weighted by atomic mass is 9.52. The van der Waals surface area contributed by atoms with Crippen molar-refractivity contribution in [3.63, 3.8) is 0 Å². The number of hydrogen-bond acceptors (Lipinski definition) is 3. The maximum atomic E-state index is 13.2. The van der Waals surface area contributed by atoms with Crippen LogP contribution in [-0.2, 0) is 4.79 Å². The van der Waals surface area contributed by atoms with Crippen molar-refractivity contribution in [2.75, 3.05) is 13.1 Å². The van der Waals surface area contributed by atoms with E-state index in [0.717, 1.165) is 55.4 Å². The van der Waals surface area contributed by atoms with E-state index in [1.165, 1.54) is 45.2 Å². The third-order valence-electron chi connectivity index (χ3n) is 11.2. The number of ketones is 1. The number of piperidine rings is 1. The van der Waals surface area contributed by atoms with Gasteiger partial charge in [-0.05, 0) is 92.3 Å². The third kappa shape index (κ3) is 2.73. The molecule has 0 aromatic rings. The fourth-order valence-electron chi connectivity index (χ4n) is 9.64. The summed E-state index contributed by atoms with van der Waals surface area (Å²) in [6.45, 7) is 9.89. The highest BCUT2D eigenvalue weighted by Crippen LogP contribution is 2.65. The van der Waals surface area contributed by atoms with E-state index in [4.69, 9.17) is 0 Å². The van der Waals surface area contributed by atoms with Crippen LogP contribution in [0.4, 0.5) is 0 Å². The molecule has 0 amide bonds. The van der Waals surface area contributed by atoms with Crippen LogP contribution in [0, 0.1) is 46.8 Å². The molecule has 0 bridgehead atoms. The Morgan fingerprint density at radius 1 is 1.03 bits per heavy atom. The summed E-state index contributed by atoms with van der Waals surface area (Å²) in [5, 5.41) is 10.3. The molecule has 2 heterocycles. The molecular weight excluding hydrogens is 370 g/mol. The number of hydrogen-bond donors (Lipinski definition) is 1. The Morgan fingerprint density at radius 2 is 1.87 bits per heavy atom. The van der Waals surface area contributed by atoms with E-state index in [-0.39, 0.29) is 17.4 Å². The smallest absolute Gasteiger partial charge is 0.136 e. The second kappa shape index (κ2) is 6.91. The van der Waals surface area contributed by atoms with Crippen LogP contribution in [0.3, 0.4) is 0 Å². The van der Waals surface area contributed by atoms with Gasteiger partial charge in [0.05, 0.1) is 6.10 Å². The van der Waals surface area contributed by atoms with Gasteiger partial charge < -0.3 is 5.11 Å². The van der Waals surface area contributed by atoms with Gasteiger partial charge in [0.1, 0.15) is 5.78 Å². The summed E-state index contributed by atoms with van der Waals surface area (Å²) < 4.78 is 0. The van der Waals surface area contributed by atoms with E-state index in [0.29, 0.717) is 17.6 Å². The SMILES string of the molecule is C[C@H]1CCC2[C@H](C)C3=C(CN2C1)[C@@H]1C[C@H]2[C@@H](CC(=O)[C@H]4C[C@@H](O)CC[C@@]42C)[C@@H]1CC3. The van der Waals surface area contributed by atoms with Crippen LogP contribution in [0.1, 0.15) is 78.6 Å². The van der Waals surface area contributed by atoms with Gasteiger partial charge in [-0.25, -0.2) is 0 Å². The molecule has 1 saturated heterocycles. The topological polar surface area (TPSA) is 40.5 Å². The Balaban J connectivity index is 1.33. The quantitative estimate of drug-likeness (QED) is 0.580. The van der Waals surface area contributed by atoms with Crippen molar-refractivity contribution in [2.45, 2.75) is 90.7 Å². The highest BCUT2D eigenvalue weighted by Gasteiger charge is 2.61. The lowest BCUT2D eigenvalue weighted by Gasteiger charge is -2.52. The van der Waals surface area contributed by atoms with Crippen molar-refractivity contribution in [1.29, 1.82) is 0 Å². The van der Waals surface area contributed by atoms with Gasteiger partial charge in [-0.3, -0.25) is 9.69 Å². The monoisotopic (exact) mass is 411 g/mol. The summed E-state index contributed by atoms with van der Waals surface area (Å²) in [5.41, 5.74) is 3.79. The largest absolute Gasteiger partial charge is 0.393 e. The minimum absolute atomic E-state index is 0.119. The normalized spacial score (nSPS) is 53.5. The molecule has 6 aliphatic rings. The van der Waals surface area contributed by atoms with Crippen LogP contribution in [0.2, 0.25) is 0 Å². The summed E-state index contributed by atoms with van der Waals surface area (Å²) in [7, 11) is 0. The average molecular weight is 412 g/mol. The Bertz CT molecular complexity index is 773. The molecule has 0 aromatic carbocycles. The molecule has 2 aliphatic heterocycles. The minimum Gasteiger partial charge on any atom is -0.393 e. The zero-order chi connectivity index (χ0) is 20.8. The van der Waals surface area contributed by atoms with Crippen molar-refractivity contribution in [3.05, 3.63) is 11.1 Å². The second-order valence-corrected chi connectivity index (χ2v) is 12.5. The zero-order valence-electron chi connectivity index (χ0n) is 19.3. The fraction of sp³-hybridized carbons (Fsp3) is 0.889. The Morgan fingerprint density at radius 3 is 2.70 bits per heavy atom. The van der Waals surface area contributed by atoms with Crippen molar-refractivity contribution in [1.82, 2.24) is 4.90 Å². The lowest BCUT2D eigenvalue weighted by Crippen LogP contribution is -2.52. The second-order valence-electron chi connectivity index (χ2n) is 12.5. The third-order valence-corrected chi connectivity index (χ3v) is 11.2. The molecule has 4 aliphatic carbocycles. The number of Topliss-reactive ketones (excluding diaryl/α,β-unsaturated/α-hetero) is 1. The molecule has 1 N–H and O–H groups in total.